The van der Waals surface area contributed by atoms with Crippen LogP contribution in [0, 0.1) is 6.92 Å². The molecule has 0 radical (unpaired) electrons. The number of rotatable bonds is 1. The van der Waals surface area contributed by atoms with Crippen molar-refractivity contribution in [3.63, 3.8) is 0 Å². The van der Waals surface area contributed by atoms with Crippen LogP contribution in [-0.4, -0.2) is 29.9 Å². The van der Waals surface area contributed by atoms with Gasteiger partial charge in [0.1, 0.15) is 0 Å². The van der Waals surface area contributed by atoms with Gasteiger partial charge in [0, 0.05) is 24.7 Å². The van der Waals surface area contributed by atoms with Gasteiger partial charge in [0.05, 0.1) is 0 Å². The Hall–Kier alpha value is -1.35. The van der Waals surface area contributed by atoms with Crippen LogP contribution in [0.4, 0.5) is 0 Å². The Balaban J connectivity index is 2.16. The van der Waals surface area contributed by atoms with Gasteiger partial charge in [-0.15, -0.1) is 0 Å². The number of carbonyl (C=O) groups is 1. The minimum atomic E-state index is 0.119. The average molecular weight is 218 g/mol. The van der Waals surface area contributed by atoms with Gasteiger partial charge in [-0.25, -0.2) is 0 Å². The topological polar surface area (TPSA) is 46.3 Å². The first-order valence-electron chi connectivity index (χ1n) is 5.79. The molecule has 0 unspecified atom stereocenters. The van der Waals surface area contributed by atoms with E-state index in [4.69, 9.17) is 5.73 Å². The Bertz CT molecular complexity index is 389. The van der Waals surface area contributed by atoms with Gasteiger partial charge in [0.25, 0.3) is 5.91 Å². The number of aryl methyl sites for hydroxylation is 1. The van der Waals surface area contributed by atoms with Crippen molar-refractivity contribution in [1.29, 1.82) is 0 Å². The molecular formula is C13H18N2O. The highest BCUT2D eigenvalue weighted by Gasteiger charge is 2.22. The van der Waals surface area contributed by atoms with Crippen LogP contribution in [0.25, 0.3) is 0 Å². The van der Waals surface area contributed by atoms with Gasteiger partial charge in [0.15, 0.2) is 0 Å². The van der Waals surface area contributed by atoms with Crippen LogP contribution in [0.2, 0.25) is 0 Å². The SMILES string of the molecule is Cc1ccccc1C(=O)N1CCC[C@@H](N)C1. The largest absolute Gasteiger partial charge is 0.337 e. The molecule has 0 aliphatic carbocycles. The fourth-order valence-corrected chi connectivity index (χ4v) is 2.18. The highest BCUT2D eigenvalue weighted by molar-refractivity contribution is 5.95. The predicted molar refractivity (Wildman–Crippen MR) is 64.3 cm³/mol. The van der Waals surface area contributed by atoms with E-state index in [1.807, 2.05) is 36.1 Å². The molecule has 0 aromatic heterocycles. The zero-order chi connectivity index (χ0) is 11.5. The summed E-state index contributed by atoms with van der Waals surface area (Å²) in [6.07, 6.45) is 2.04. The van der Waals surface area contributed by atoms with Crippen molar-refractivity contribution in [2.75, 3.05) is 13.1 Å². The van der Waals surface area contributed by atoms with E-state index in [0.29, 0.717) is 6.54 Å². The van der Waals surface area contributed by atoms with Crippen molar-refractivity contribution in [1.82, 2.24) is 4.90 Å². The van der Waals surface area contributed by atoms with Gasteiger partial charge in [-0.1, -0.05) is 18.2 Å². The molecular weight excluding hydrogens is 200 g/mol. The molecule has 2 rings (SSSR count). The van der Waals surface area contributed by atoms with Crippen LogP contribution in [-0.2, 0) is 0 Å². The van der Waals surface area contributed by atoms with E-state index in [2.05, 4.69) is 0 Å². The summed E-state index contributed by atoms with van der Waals surface area (Å²) in [6.45, 7) is 3.49. The minimum Gasteiger partial charge on any atom is -0.337 e. The van der Waals surface area contributed by atoms with Gasteiger partial charge in [-0.2, -0.15) is 0 Å². The molecule has 1 aromatic rings. The molecule has 1 aromatic carbocycles. The second kappa shape index (κ2) is 4.66. The van der Waals surface area contributed by atoms with Crippen LogP contribution in [0.1, 0.15) is 28.8 Å². The Labute approximate surface area is 96.2 Å². The number of amides is 1. The Morgan fingerprint density at radius 2 is 2.19 bits per heavy atom. The zero-order valence-corrected chi connectivity index (χ0v) is 9.65. The zero-order valence-electron chi connectivity index (χ0n) is 9.65. The van der Waals surface area contributed by atoms with Crippen LogP contribution in [0.5, 0.6) is 0 Å². The van der Waals surface area contributed by atoms with Crippen molar-refractivity contribution >= 4 is 5.91 Å². The highest BCUT2D eigenvalue weighted by atomic mass is 16.2. The molecule has 3 nitrogen and oxygen atoms in total. The number of nitrogens with two attached hydrogens (primary N) is 1. The Kier molecular flexibility index (Phi) is 3.25. The van der Waals surface area contributed by atoms with Crippen LogP contribution in [0.3, 0.4) is 0 Å². The quantitative estimate of drug-likeness (QED) is 0.777. The molecule has 1 aliphatic rings. The van der Waals surface area contributed by atoms with Gasteiger partial charge < -0.3 is 10.6 Å². The van der Waals surface area contributed by atoms with Gasteiger partial charge >= 0.3 is 0 Å². The predicted octanol–water partition coefficient (Wildman–Crippen LogP) is 1.56. The number of piperidine rings is 1. The number of carbonyl (C=O) groups excluding carboxylic acids is 1. The maximum absolute atomic E-state index is 12.2. The molecule has 3 heteroatoms. The number of nitrogens with zero attached hydrogens (tertiary/aromatic N) is 1. The number of benzene rings is 1. The van der Waals surface area contributed by atoms with Gasteiger partial charge in [-0.05, 0) is 31.4 Å². The molecule has 86 valence electrons. The molecule has 0 saturated carbocycles. The standard InChI is InChI=1S/C13H18N2O/c1-10-5-2-3-7-12(10)13(16)15-8-4-6-11(14)9-15/h2-3,5,7,11H,4,6,8-9,14H2,1H3/t11-/m1/s1. The fraction of sp³-hybridized carbons (Fsp3) is 0.462. The number of hydrogen-bond donors (Lipinski definition) is 1. The van der Waals surface area contributed by atoms with E-state index in [9.17, 15) is 4.79 Å². The van der Waals surface area contributed by atoms with Crippen molar-refractivity contribution in [2.45, 2.75) is 25.8 Å². The van der Waals surface area contributed by atoms with Crippen molar-refractivity contribution in [2.24, 2.45) is 5.73 Å². The normalized spacial score (nSPS) is 20.9. The third-order valence-corrected chi connectivity index (χ3v) is 3.12. The molecule has 2 N–H and O–H groups in total. The first kappa shape index (κ1) is 11.1. The lowest BCUT2D eigenvalue weighted by Crippen LogP contribution is -2.45. The summed E-state index contributed by atoms with van der Waals surface area (Å²) in [5.41, 5.74) is 7.72. The van der Waals surface area contributed by atoms with Crippen LogP contribution >= 0.6 is 0 Å². The number of likely N-dealkylation sites (tertiary alicyclic amines) is 1. The lowest BCUT2D eigenvalue weighted by molar-refractivity contribution is 0.0708. The Morgan fingerprint density at radius 1 is 1.44 bits per heavy atom. The maximum Gasteiger partial charge on any atom is 0.254 e. The summed E-state index contributed by atoms with van der Waals surface area (Å²) in [5.74, 6) is 0.119. The second-order valence-electron chi connectivity index (χ2n) is 4.47. The lowest BCUT2D eigenvalue weighted by atomic mass is 10.0. The van der Waals surface area contributed by atoms with Crippen LogP contribution < -0.4 is 5.73 Å². The molecule has 16 heavy (non-hydrogen) atoms. The summed E-state index contributed by atoms with van der Waals surface area (Å²) in [6, 6.07) is 7.86. The Morgan fingerprint density at radius 3 is 2.88 bits per heavy atom. The van der Waals surface area contributed by atoms with Crippen LogP contribution in [0.15, 0.2) is 24.3 Å². The van der Waals surface area contributed by atoms with Gasteiger partial charge in [-0.3, -0.25) is 4.79 Å². The third kappa shape index (κ3) is 2.25. The van der Waals surface area contributed by atoms with E-state index >= 15 is 0 Å². The summed E-state index contributed by atoms with van der Waals surface area (Å²) in [5, 5.41) is 0. The lowest BCUT2D eigenvalue weighted by Gasteiger charge is -2.31. The molecule has 1 heterocycles. The summed E-state index contributed by atoms with van der Waals surface area (Å²) in [7, 11) is 0. The summed E-state index contributed by atoms with van der Waals surface area (Å²) >= 11 is 0. The average Bonchev–Trinajstić information content (AvgIpc) is 2.29. The van der Waals surface area contributed by atoms with Gasteiger partial charge in [0.2, 0.25) is 0 Å². The van der Waals surface area contributed by atoms with E-state index < -0.39 is 0 Å². The molecule has 0 spiro atoms. The minimum absolute atomic E-state index is 0.119. The van der Waals surface area contributed by atoms with Crippen molar-refractivity contribution in [3.8, 4) is 0 Å². The monoisotopic (exact) mass is 218 g/mol. The van der Waals surface area contributed by atoms with Crippen molar-refractivity contribution in [3.05, 3.63) is 35.4 Å². The molecule has 1 aliphatic heterocycles. The molecule has 0 bridgehead atoms. The summed E-state index contributed by atoms with van der Waals surface area (Å²) < 4.78 is 0. The van der Waals surface area contributed by atoms with E-state index in [0.717, 1.165) is 30.5 Å². The molecule has 1 saturated heterocycles. The number of hydrogen-bond acceptors (Lipinski definition) is 2. The first-order valence-corrected chi connectivity index (χ1v) is 5.79. The smallest absolute Gasteiger partial charge is 0.254 e. The third-order valence-electron chi connectivity index (χ3n) is 3.12. The van der Waals surface area contributed by atoms with Crippen molar-refractivity contribution < 1.29 is 4.79 Å². The summed E-state index contributed by atoms with van der Waals surface area (Å²) in [4.78, 5) is 14.1. The van der Waals surface area contributed by atoms with E-state index in [1.165, 1.54) is 0 Å². The molecule has 1 atom stereocenters. The maximum atomic E-state index is 12.2. The van der Waals surface area contributed by atoms with E-state index in [-0.39, 0.29) is 11.9 Å². The second-order valence-corrected chi connectivity index (χ2v) is 4.47. The molecule has 1 amide bonds. The highest BCUT2D eigenvalue weighted by Crippen LogP contribution is 2.15. The molecule has 1 fully saturated rings. The fourth-order valence-electron chi connectivity index (χ4n) is 2.18. The van der Waals surface area contributed by atoms with E-state index in [1.54, 1.807) is 0 Å². The first-order chi connectivity index (χ1) is 7.68.